The Morgan fingerprint density at radius 3 is 0.708 bits per heavy atom. The Kier molecular flexibility index (Phi) is 66.3. The third-order valence-electron chi connectivity index (χ3n) is 0.605. The highest BCUT2D eigenvalue weighted by Crippen LogP contribution is 1.67. The van der Waals surface area contributed by atoms with E-state index in [0.717, 1.165) is 13.8 Å². The molecule has 0 saturated carbocycles. The van der Waals surface area contributed by atoms with Crippen molar-refractivity contribution in [3.63, 3.8) is 0 Å². The van der Waals surface area contributed by atoms with Crippen LogP contribution in [0.25, 0.3) is 0 Å². The molecule has 0 aromatic carbocycles. The van der Waals surface area contributed by atoms with Crippen molar-refractivity contribution in [2.24, 2.45) is 0 Å². The molecule has 0 spiro atoms. The molecular weight excluding hydrogens is 336 g/mol. The van der Waals surface area contributed by atoms with Crippen molar-refractivity contribution in [2.45, 2.75) is 40.5 Å². The summed E-state index contributed by atoms with van der Waals surface area (Å²) in [5.41, 5.74) is 0. The Morgan fingerprint density at radius 1 is 0.667 bits per heavy atom. The van der Waals surface area contributed by atoms with Crippen LogP contribution in [0.5, 0.6) is 0 Å². The van der Waals surface area contributed by atoms with Gasteiger partial charge in [-0.1, -0.05) is 13.8 Å². The van der Waals surface area contributed by atoms with Crippen LogP contribution < -0.4 is 0 Å². The van der Waals surface area contributed by atoms with E-state index in [9.17, 15) is 9.59 Å². The first-order valence-corrected chi connectivity index (χ1v) is 5.82. The summed E-state index contributed by atoms with van der Waals surface area (Å²) in [5.74, 6) is -3.16. The number of hydrogen-bond donors (Lipinski definition) is 6. The number of hydrogen-bond acceptors (Lipinski definition) is 6. The van der Waals surface area contributed by atoms with Crippen LogP contribution in [0.4, 0.5) is 0 Å². The maximum Gasteiger partial charge on any atom is 0.303 e. The molecule has 0 heterocycles. The molecule has 0 saturated heterocycles. The van der Waals surface area contributed by atoms with E-state index in [1.54, 1.807) is 13.8 Å². The van der Waals surface area contributed by atoms with Crippen LogP contribution in [-0.2, 0) is 28.8 Å². The van der Waals surface area contributed by atoms with Crippen molar-refractivity contribution < 1.29 is 59.4 Å². The summed E-state index contributed by atoms with van der Waals surface area (Å²) in [4.78, 5) is 53.5. The summed E-state index contributed by atoms with van der Waals surface area (Å²) < 4.78 is 0. The molecule has 0 radical (unpaired) electrons. The lowest BCUT2D eigenvalue weighted by atomic mass is 10.5. The molecule has 0 rings (SSSR count). The van der Waals surface area contributed by atoms with Gasteiger partial charge >= 0.3 is 11.9 Å². The zero-order chi connectivity index (χ0) is 21.1. The van der Waals surface area contributed by atoms with Crippen molar-refractivity contribution in [3.05, 3.63) is 0 Å². The monoisotopic (exact) mass is 360 g/mol. The lowest BCUT2D eigenvalue weighted by molar-refractivity contribution is -0.137. The molecule has 0 aliphatic carbocycles. The number of carboxylic acids is 4. The van der Waals surface area contributed by atoms with Gasteiger partial charge in [0.15, 0.2) is 0 Å². The minimum absolute atomic E-state index is 0.222. The summed E-state index contributed by atoms with van der Waals surface area (Å²) in [6.45, 7) is 4.87. The van der Waals surface area contributed by atoms with Gasteiger partial charge in [0.1, 0.15) is 0 Å². The minimum Gasteiger partial charge on any atom is -0.483 e. The van der Waals surface area contributed by atoms with Gasteiger partial charge in [-0.15, -0.1) is 0 Å². The van der Waals surface area contributed by atoms with Gasteiger partial charge in [0.2, 0.25) is 0 Å². The molecule has 144 valence electrons. The van der Waals surface area contributed by atoms with Gasteiger partial charge in [-0.05, 0) is 0 Å². The fraction of sp³-hybridized carbons (Fsp3) is 0.500. The fourth-order valence-corrected chi connectivity index (χ4v) is 0. The second-order valence-corrected chi connectivity index (χ2v) is 2.74. The first-order chi connectivity index (χ1) is 10.8. The van der Waals surface area contributed by atoms with E-state index in [1.807, 2.05) is 0 Å². The Morgan fingerprint density at radius 2 is 0.708 bits per heavy atom. The maximum atomic E-state index is 9.37. The standard InChI is InChI=1S/2C3H6O2.2C2H4O2.2CH2O2/c2*1-2-3(4)5;2*1-2(3)4;2*2-1-3/h2*2H2,1H3,(H,4,5);2*1H3,(H,3,4);2*1H,(H,2,3). The van der Waals surface area contributed by atoms with Crippen LogP contribution >= 0.6 is 0 Å². The first-order valence-electron chi connectivity index (χ1n) is 5.82. The van der Waals surface area contributed by atoms with E-state index in [0.29, 0.717) is 0 Å². The molecule has 0 aliphatic rings. The third-order valence-corrected chi connectivity index (χ3v) is 0.605. The number of carboxylic acid groups (broad SMARTS) is 6. The molecule has 24 heavy (non-hydrogen) atoms. The van der Waals surface area contributed by atoms with Gasteiger partial charge in [0, 0.05) is 26.7 Å². The van der Waals surface area contributed by atoms with Gasteiger partial charge in [-0.3, -0.25) is 28.8 Å². The third kappa shape index (κ3) is 8890. The summed E-state index contributed by atoms with van der Waals surface area (Å²) >= 11 is 0. The Labute approximate surface area is 138 Å². The molecular formula is C12H24O12. The lowest BCUT2D eigenvalue weighted by Gasteiger charge is -1.71. The van der Waals surface area contributed by atoms with Gasteiger partial charge in [-0.2, -0.15) is 0 Å². The predicted octanol–water partition coefficient (Wildman–Crippen LogP) is 0.545. The van der Waals surface area contributed by atoms with Crippen LogP contribution in [0.2, 0.25) is 0 Å². The molecule has 0 amide bonds. The van der Waals surface area contributed by atoms with E-state index < -0.39 is 23.9 Å². The van der Waals surface area contributed by atoms with Crippen molar-refractivity contribution in [2.75, 3.05) is 0 Å². The molecule has 0 aromatic heterocycles. The fourth-order valence-electron chi connectivity index (χ4n) is 0. The van der Waals surface area contributed by atoms with Crippen molar-refractivity contribution in [1.29, 1.82) is 0 Å². The summed E-state index contributed by atoms with van der Waals surface area (Å²) in [5, 5.41) is 44.1. The minimum atomic E-state index is -0.833. The molecule has 0 atom stereocenters. The average Bonchev–Trinajstić information content (AvgIpc) is 2.39. The normalized spacial score (nSPS) is 6.17. The number of aliphatic carboxylic acids is 4. The largest absolute Gasteiger partial charge is 0.483 e. The van der Waals surface area contributed by atoms with E-state index in [4.69, 9.17) is 49.8 Å². The van der Waals surface area contributed by atoms with Crippen LogP contribution in [-0.4, -0.2) is 67.5 Å². The van der Waals surface area contributed by atoms with E-state index in [-0.39, 0.29) is 25.8 Å². The molecule has 0 aliphatic heterocycles. The van der Waals surface area contributed by atoms with Gasteiger partial charge < -0.3 is 30.6 Å². The van der Waals surface area contributed by atoms with E-state index in [2.05, 4.69) is 0 Å². The Bertz CT molecular complexity index is 284. The topological polar surface area (TPSA) is 224 Å². The van der Waals surface area contributed by atoms with Gasteiger partial charge in [0.25, 0.3) is 24.9 Å². The molecule has 12 heteroatoms. The summed E-state index contributed by atoms with van der Waals surface area (Å²) in [6, 6.07) is 0. The van der Waals surface area contributed by atoms with Crippen LogP contribution in [0, 0.1) is 0 Å². The predicted molar refractivity (Wildman–Crippen MR) is 79.9 cm³/mol. The second-order valence-electron chi connectivity index (χ2n) is 2.74. The number of rotatable bonds is 2. The van der Waals surface area contributed by atoms with Crippen LogP contribution in [0.15, 0.2) is 0 Å². The maximum absolute atomic E-state index is 9.37. The summed E-state index contributed by atoms with van der Waals surface area (Å²) in [7, 11) is 0. The SMILES string of the molecule is CC(=O)O.CC(=O)O.CCC(=O)O.CCC(=O)O.O=CO.O=CO. The quantitative estimate of drug-likeness (QED) is 0.371. The lowest BCUT2D eigenvalue weighted by Crippen LogP contribution is -1.86. The molecule has 12 nitrogen and oxygen atoms in total. The number of carbonyl (C=O) groups is 6. The second kappa shape index (κ2) is 42.7. The zero-order valence-corrected chi connectivity index (χ0v) is 13.7. The van der Waals surface area contributed by atoms with Gasteiger partial charge in [-0.25, -0.2) is 0 Å². The molecule has 0 fully saturated rings. The Hall–Kier alpha value is -3.18. The molecule has 0 bridgehead atoms. The van der Waals surface area contributed by atoms with E-state index in [1.165, 1.54) is 0 Å². The van der Waals surface area contributed by atoms with Crippen molar-refractivity contribution in [1.82, 2.24) is 0 Å². The molecule has 0 unspecified atom stereocenters. The smallest absolute Gasteiger partial charge is 0.303 e. The molecule has 6 N–H and O–H groups in total. The van der Waals surface area contributed by atoms with Crippen molar-refractivity contribution in [3.8, 4) is 0 Å². The van der Waals surface area contributed by atoms with Crippen LogP contribution in [0.1, 0.15) is 40.5 Å². The highest BCUT2D eigenvalue weighted by Gasteiger charge is 1.81. The van der Waals surface area contributed by atoms with Crippen molar-refractivity contribution >= 4 is 36.8 Å². The highest BCUT2D eigenvalue weighted by molar-refractivity contribution is 5.66. The molecule has 0 aromatic rings. The average molecular weight is 360 g/mol. The highest BCUT2D eigenvalue weighted by atomic mass is 16.4. The summed E-state index contributed by atoms with van der Waals surface area (Å²) in [6.07, 6.45) is 0.444. The van der Waals surface area contributed by atoms with E-state index >= 15 is 0 Å². The first kappa shape index (κ1) is 37.2. The van der Waals surface area contributed by atoms with Gasteiger partial charge in [0.05, 0.1) is 0 Å². The van der Waals surface area contributed by atoms with Crippen LogP contribution in [0.3, 0.4) is 0 Å². The Balaban J connectivity index is -0.0000000410. The zero-order valence-electron chi connectivity index (χ0n) is 13.7.